The number of amidine groups is 1. The average molecular weight is 235 g/mol. The summed E-state index contributed by atoms with van der Waals surface area (Å²) in [5, 5.41) is 7.29. The molecule has 2 rings (SSSR count). The minimum Gasteiger partial charge on any atom is -0.382 e. The molecule has 0 aliphatic heterocycles. The first-order valence-electron chi connectivity index (χ1n) is 4.50. The Morgan fingerprint density at radius 2 is 1.81 bits per heavy atom. The molecule has 0 saturated carbocycles. The van der Waals surface area contributed by atoms with Gasteiger partial charge in [-0.25, -0.2) is 4.98 Å². The lowest BCUT2D eigenvalue weighted by atomic mass is 10.2. The van der Waals surface area contributed by atoms with Gasteiger partial charge in [-0.3, -0.25) is 10.4 Å². The molecule has 0 saturated heterocycles. The maximum absolute atomic E-state index is 7.29. The summed E-state index contributed by atoms with van der Waals surface area (Å²) in [4.78, 5) is 8.41. The number of rotatable bonds is 2. The Bertz CT molecular complexity index is 484. The quantitative estimate of drug-likeness (QED) is 0.615. The van der Waals surface area contributed by atoms with Crippen LogP contribution in [0.4, 0.5) is 0 Å². The van der Waals surface area contributed by atoms with Gasteiger partial charge in [0.05, 0.1) is 11.4 Å². The van der Waals surface area contributed by atoms with Crippen LogP contribution in [0, 0.1) is 5.41 Å². The van der Waals surface area contributed by atoms with E-state index in [4.69, 9.17) is 11.1 Å². The monoisotopic (exact) mass is 234 g/mol. The lowest BCUT2D eigenvalue weighted by Crippen LogP contribution is -2.13. The van der Waals surface area contributed by atoms with Crippen LogP contribution in [-0.4, -0.2) is 15.8 Å². The highest BCUT2D eigenvalue weighted by Gasteiger charge is 2.02. The molecule has 0 atom stereocenters. The van der Waals surface area contributed by atoms with E-state index in [1.165, 1.54) is 0 Å². The van der Waals surface area contributed by atoms with Gasteiger partial charge in [0.25, 0.3) is 0 Å². The summed E-state index contributed by atoms with van der Waals surface area (Å²) in [6.07, 6.45) is 1.71. The zero-order valence-corrected chi connectivity index (χ0v) is 9.24. The van der Waals surface area contributed by atoms with Crippen LogP contribution in [0.5, 0.6) is 0 Å². The van der Waals surface area contributed by atoms with Crippen molar-refractivity contribution in [1.82, 2.24) is 9.97 Å². The van der Waals surface area contributed by atoms with Gasteiger partial charge in [-0.1, -0.05) is 12.1 Å². The number of nitrogens with one attached hydrogen (secondary N) is 1. The smallest absolute Gasteiger partial charge is 0.141 e. The fourth-order valence-electron chi connectivity index (χ4n) is 1.24. The molecule has 0 aliphatic rings. The lowest BCUT2D eigenvalue weighted by molar-refractivity contribution is 1.22. The van der Waals surface area contributed by atoms with Gasteiger partial charge in [0.2, 0.25) is 0 Å². The van der Waals surface area contributed by atoms with Gasteiger partial charge in [-0.15, -0.1) is 12.4 Å². The van der Waals surface area contributed by atoms with E-state index >= 15 is 0 Å². The predicted octanol–water partition coefficient (Wildman–Crippen LogP) is 1.85. The van der Waals surface area contributed by atoms with E-state index < -0.39 is 0 Å². The van der Waals surface area contributed by atoms with Gasteiger partial charge in [-0.2, -0.15) is 0 Å². The summed E-state index contributed by atoms with van der Waals surface area (Å²) in [7, 11) is 0. The summed E-state index contributed by atoms with van der Waals surface area (Å²) in [5.74, 6) is -0.0345. The van der Waals surface area contributed by atoms with Gasteiger partial charge in [0, 0.05) is 6.20 Å². The normalized spacial score (nSPS) is 9.25. The molecule has 5 heteroatoms. The van der Waals surface area contributed by atoms with E-state index in [0.29, 0.717) is 5.69 Å². The predicted molar refractivity (Wildman–Crippen MR) is 65.7 cm³/mol. The standard InChI is InChI=1S/C11H10N4.ClH/c12-11(13)10-6-3-5-9(15-10)8-4-1-2-7-14-8;/h1-7H,(H3,12,13);1H. The Balaban J connectivity index is 0.00000128. The van der Waals surface area contributed by atoms with E-state index in [0.717, 1.165) is 11.4 Å². The number of halogens is 1. The van der Waals surface area contributed by atoms with E-state index in [9.17, 15) is 0 Å². The van der Waals surface area contributed by atoms with E-state index in [1.807, 2.05) is 30.3 Å². The third kappa shape index (κ3) is 2.55. The van der Waals surface area contributed by atoms with E-state index in [-0.39, 0.29) is 18.2 Å². The second-order valence-corrected chi connectivity index (χ2v) is 3.04. The first-order chi connectivity index (χ1) is 7.27. The third-order valence-electron chi connectivity index (χ3n) is 1.95. The number of nitrogens with two attached hydrogens (primary N) is 1. The van der Waals surface area contributed by atoms with Gasteiger partial charge in [-0.05, 0) is 24.3 Å². The van der Waals surface area contributed by atoms with Crippen LogP contribution in [0.3, 0.4) is 0 Å². The number of hydrogen-bond donors (Lipinski definition) is 2. The van der Waals surface area contributed by atoms with Crippen LogP contribution >= 0.6 is 12.4 Å². The highest BCUT2D eigenvalue weighted by Crippen LogP contribution is 2.13. The molecule has 0 fully saturated rings. The fraction of sp³-hybridized carbons (Fsp3) is 0. The minimum atomic E-state index is -0.0345. The van der Waals surface area contributed by atoms with Gasteiger partial charge in [0.1, 0.15) is 11.5 Å². The molecule has 3 N–H and O–H groups in total. The molecule has 16 heavy (non-hydrogen) atoms. The zero-order chi connectivity index (χ0) is 10.7. The van der Waals surface area contributed by atoms with Crippen LogP contribution in [0.1, 0.15) is 5.69 Å². The molecule has 82 valence electrons. The third-order valence-corrected chi connectivity index (χ3v) is 1.95. The van der Waals surface area contributed by atoms with Crippen molar-refractivity contribution in [3.8, 4) is 11.4 Å². The van der Waals surface area contributed by atoms with Crippen molar-refractivity contribution in [2.45, 2.75) is 0 Å². The first-order valence-corrected chi connectivity index (χ1v) is 4.50. The fourth-order valence-corrected chi connectivity index (χ4v) is 1.24. The van der Waals surface area contributed by atoms with Gasteiger partial charge < -0.3 is 5.73 Å². The average Bonchev–Trinajstić information content (AvgIpc) is 2.30. The molecule has 0 spiro atoms. The summed E-state index contributed by atoms with van der Waals surface area (Å²) in [6.45, 7) is 0. The largest absolute Gasteiger partial charge is 0.382 e. The van der Waals surface area contributed by atoms with Crippen molar-refractivity contribution in [1.29, 1.82) is 5.41 Å². The van der Waals surface area contributed by atoms with Crippen molar-refractivity contribution in [2.24, 2.45) is 5.73 Å². The molecular formula is C11H11ClN4. The van der Waals surface area contributed by atoms with Crippen LogP contribution < -0.4 is 5.73 Å². The molecule has 0 aromatic carbocycles. The maximum Gasteiger partial charge on any atom is 0.141 e. The van der Waals surface area contributed by atoms with Crippen LogP contribution in [0.25, 0.3) is 11.4 Å². The Morgan fingerprint density at radius 1 is 1.06 bits per heavy atom. The first kappa shape index (κ1) is 12.1. The molecule has 0 amide bonds. The maximum atomic E-state index is 7.29. The van der Waals surface area contributed by atoms with Gasteiger partial charge in [0.15, 0.2) is 0 Å². The van der Waals surface area contributed by atoms with Crippen molar-refractivity contribution >= 4 is 18.2 Å². The number of nitrogen functional groups attached to an aromatic ring is 1. The molecule has 0 unspecified atom stereocenters. The molecular weight excluding hydrogens is 224 g/mol. The van der Waals surface area contributed by atoms with Crippen LogP contribution in [0.15, 0.2) is 42.6 Å². The molecule has 0 bridgehead atoms. The van der Waals surface area contributed by atoms with Crippen molar-refractivity contribution in [3.63, 3.8) is 0 Å². The van der Waals surface area contributed by atoms with E-state index in [2.05, 4.69) is 9.97 Å². The van der Waals surface area contributed by atoms with Crippen molar-refractivity contribution in [2.75, 3.05) is 0 Å². The molecule has 0 radical (unpaired) electrons. The van der Waals surface area contributed by atoms with Gasteiger partial charge >= 0.3 is 0 Å². The number of nitrogens with zero attached hydrogens (tertiary/aromatic N) is 2. The Kier molecular flexibility index (Phi) is 3.96. The highest BCUT2D eigenvalue weighted by molar-refractivity contribution is 5.93. The molecule has 0 aliphatic carbocycles. The Hall–Kier alpha value is -1.94. The number of pyridine rings is 2. The lowest BCUT2D eigenvalue weighted by Gasteiger charge is -2.01. The molecule has 2 aromatic heterocycles. The topological polar surface area (TPSA) is 75.7 Å². The van der Waals surface area contributed by atoms with Crippen molar-refractivity contribution in [3.05, 3.63) is 48.3 Å². The second-order valence-electron chi connectivity index (χ2n) is 3.04. The SMILES string of the molecule is Cl.N=C(N)c1cccc(-c2ccccn2)n1. The summed E-state index contributed by atoms with van der Waals surface area (Å²) in [6, 6.07) is 11.0. The summed E-state index contributed by atoms with van der Waals surface area (Å²) < 4.78 is 0. The number of hydrogen-bond acceptors (Lipinski definition) is 3. The minimum absolute atomic E-state index is 0. The molecule has 2 heterocycles. The Morgan fingerprint density at radius 3 is 2.44 bits per heavy atom. The second kappa shape index (κ2) is 5.23. The summed E-state index contributed by atoms with van der Waals surface area (Å²) >= 11 is 0. The van der Waals surface area contributed by atoms with Crippen LogP contribution in [0.2, 0.25) is 0 Å². The summed E-state index contributed by atoms with van der Waals surface area (Å²) in [5.41, 5.74) is 7.34. The van der Waals surface area contributed by atoms with E-state index in [1.54, 1.807) is 12.3 Å². The molecule has 4 nitrogen and oxygen atoms in total. The zero-order valence-electron chi connectivity index (χ0n) is 8.42. The number of aromatic nitrogens is 2. The van der Waals surface area contributed by atoms with Crippen LogP contribution in [-0.2, 0) is 0 Å². The Labute approximate surface area is 99.5 Å². The van der Waals surface area contributed by atoms with Crippen molar-refractivity contribution < 1.29 is 0 Å². The molecule has 2 aromatic rings. The highest BCUT2D eigenvalue weighted by atomic mass is 35.5.